The highest BCUT2D eigenvalue weighted by Gasteiger charge is 2.28. The van der Waals surface area contributed by atoms with Gasteiger partial charge in [0.25, 0.3) is 0 Å². The van der Waals surface area contributed by atoms with Crippen LogP contribution in [0.3, 0.4) is 0 Å². The highest BCUT2D eigenvalue weighted by molar-refractivity contribution is 7.99. The Labute approximate surface area is 147 Å². The van der Waals surface area contributed by atoms with Crippen molar-refractivity contribution in [3.05, 3.63) is 59.3 Å². The molecular weight excluding hydrogens is 342 g/mol. The van der Waals surface area contributed by atoms with Crippen LogP contribution in [-0.4, -0.2) is 27.2 Å². The van der Waals surface area contributed by atoms with Gasteiger partial charge in [0.2, 0.25) is 5.16 Å². The first kappa shape index (κ1) is 15.9. The number of hydrogen-bond donors (Lipinski definition) is 3. The number of thioether (sulfide) groups is 1. The summed E-state index contributed by atoms with van der Waals surface area (Å²) in [5.41, 5.74) is 5.52. The zero-order valence-electron chi connectivity index (χ0n) is 13.2. The summed E-state index contributed by atoms with van der Waals surface area (Å²) >= 11 is 1.53. The van der Waals surface area contributed by atoms with Gasteiger partial charge in [-0.1, -0.05) is 11.8 Å². The van der Waals surface area contributed by atoms with Crippen molar-refractivity contribution >= 4 is 17.4 Å². The van der Waals surface area contributed by atoms with E-state index in [9.17, 15) is 5.21 Å². The molecule has 0 amide bonds. The summed E-state index contributed by atoms with van der Waals surface area (Å²) in [5, 5.41) is 28.2. The van der Waals surface area contributed by atoms with E-state index in [2.05, 4.69) is 15.6 Å². The van der Waals surface area contributed by atoms with Gasteiger partial charge in [0, 0.05) is 17.7 Å². The third kappa shape index (κ3) is 2.94. The maximum absolute atomic E-state index is 11.0. The monoisotopic (exact) mass is 357 g/mol. The topological polar surface area (TPSA) is 99.7 Å². The minimum atomic E-state index is -0.933. The van der Waals surface area contributed by atoms with Gasteiger partial charge in [0.15, 0.2) is 11.5 Å². The molecule has 128 valence electrons. The Hall–Kier alpha value is -2.59. The van der Waals surface area contributed by atoms with Crippen LogP contribution in [-0.2, 0) is 0 Å². The molecule has 3 N–H and O–H groups in total. The molecule has 0 spiro atoms. The van der Waals surface area contributed by atoms with E-state index < -0.39 is 5.23 Å². The van der Waals surface area contributed by atoms with Gasteiger partial charge in [-0.15, -0.1) is 10.2 Å². The Morgan fingerprint density at radius 2 is 1.88 bits per heavy atom. The molecule has 1 aromatic heterocycles. The number of quaternary nitrogens is 1. The average Bonchev–Trinajstić information content (AvgIpc) is 3.22. The number of ether oxygens (including phenoxy) is 1. The zero-order valence-corrected chi connectivity index (χ0v) is 14.0. The van der Waals surface area contributed by atoms with Crippen molar-refractivity contribution in [2.75, 3.05) is 12.5 Å². The fraction of sp³-hybridized carbons (Fsp3) is 0.125. The number of hydrogen-bond acceptors (Lipinski definition) is 7. The third-order valence-electron chi connectivity index (χ3n) is 3.91. The molecule has 2 atom stereocenters. The average molecular weight is 357 g/mol. The molecule has 9 heteroatoms. The summed E-state index contributed by atoms with van der Waals surface area (Å²) in [6.45, 7) is 0. The lowest BCUT2D eigenvalue weighted by molar-refractivity contribution is -0.991. The molecule has 2 heterocycles. The van der Waals surface area contributed by atoms with E-state index >= 15 is 0 Å². The summed E-state index contributed by atoms with van der Waals surface area (Å²) in [4.78, 5) is 0. The second-order valence-corrected chi connectivity index (χ2v) is 6.50. The number of aromatic nitrogens is 3. The molecule has 2 aromatic carbocycles. The highest BCUT2D eigenvalue weighted by Crippen LogP contribution is 2.40. The van der Waals surface area contributed by atoms with Crippen LogP contribution in [0.1, 0.15) is 10.9 Å². The van der Waals surface area contributed by atoms with Crippen molar-refractivity contribution in [2.45, 2.75) is 10.5 Å². The predicted molar refractivity (Wildman–Crippen MR) is 92.2 cm³/mol. The van der Waals surface area contributed by atoms with Gasteiger partial charge in [-0.3, -0.25) is 0 Å². The lowest BCUT2D eigenvalue weighted by Crippen LogP contribution is -2.99. The van der Waals surface area contributed by atoms with Crippen LogP contribution in [0.5, 0.6) is 5.75 Å². The fourth-order valence-corrected chi connectivity index (χ4v) is 3.58. The minimum Gasteiger partial charge on any atom is -0.595 e. The van der Waals surface area contributed by atoms with Crippen LogP contribution >= 0.6 is 11.8 Å². The van der Waals surface area contributed by atoms with Gasteiger partial charge in [0.1, 0.15) is 11.1 Å². The van der Waals surface area contributed by atoms with Crippen LogP contribution in [0.25, 0.3) is 11.4 Å². The van der Waals surface area contributed by atoms with Crippen LogP contribution in [0, 0.1) is 5.21 Å². The first-order valence-corrected chi connectivity index (χ1v) is 8.40. The van der Waals surface area contributed by atoms with Crippen molar-refractivity contribution < 1.29 is 15.2 Å². The van der Waals surface area contributed by atoms with Crippen LogP contribution in [0.2, 0.25) is 0 Å². The standard InChI is InChI=1S/C16H15N5O3S/c1-24-13-8-4-10(5-9-13)14-17-18-16-20(14)19-15(25-16)11-2-6-12(7-3-11)21(22)23/h2-9,15,19,21-22H,1H3/t15-/m0/s1. The summed E-state index contributed by atoms with van der Waals surface area (Å²) in [6, 6.07) is 14.4. The van der Waals surface area contributed by atoms with E-state index in [0.717, 1.165) is 27.9 Å². The molecule has 25 heavy (non-hydrogen) atoms. The second-order valence-electron chi connectivity index (χ2n) is 5.42. The van der Waals surface area contributed by atoms with Gasteiger partial charge in [-0.25, -0.2) is 9.88 Å². The Kier molecular flexibility index (Phi) is 4.06. The van der Waals surface area contributed by atoms with E-state index in [1.807, 2.05) is 28.9 Å². The van der Waals surface area contributed by atoms with Crippen molar-refractivity contribution in [3.8, 4) is 17.1 Å². The normalized spacial score (nSPS) is 17.0. The van der Waals surface area contributed by atoms with Crippen molar-refractivity contribution in [1.29, 1.82) is 0 Å². The lowest BCUT2D eigenvalue weighted by atomic mass is 10.2. The SMILES string of the molecule is COc1ccc(-c2nnc3n2N[C@H](c2ccc([NH+]([O-])O)cc2)S3)cc1. The summed E-state index contributed by atoms with van der Waals surface area (Å²) in [6.07, 6.45) is 0. The third-order valence-corrected chi connectivity index (χ3v) is 5.00. The number of fused-ring (bicyclic) bond motifs is 1. The summed E-state index contributed by atoms with van der Waals surface area (Å²) in [5.74, 6) is 1.50. The molecule has 3 aromatic rings. The largest absolute Gasteiger partial charge is 0.595 e. The van der Waals surface area contributed by atoms with Crippen LogP contribution < -0.4 is 15.4 Å². The maximum atomic E-state index is 11.0. The van der Waals surface area contributed by atoms with Gasteiger partial charge in [-0.2, -0.15) is 5.23 Å². The second kappa shape index (κ2) is 6.37. The molecule has 0 bridgehead atoms. The van der Waals surface area contributed by atoms with E-state index in [0.29, 0.717) is 0 Å². The maximum Gasteiger partial charge on any atom is 0.212 e. The van der Waals surface area contributed by atoms with Crippen molar-refractivity contribution in [1.82, 2.24) is 14.9 Å². The lowest BCUT2D eigenvalue weighted by Gasteiger charge is -2.14. The molecule has 0 aliphatic carbocycles. The molecule has 0 saturated heterocycles. The number of nitrogens with zero attached hydrogens (tertiary/aromatic N) is 3. The number of rotatable bonds is 4. The van der Waals surface area contributed by atoms with E-state index in [4.69, 9.17) is 9.94 Å². The van der Waals surface area contributed by atoms with Gasteiger partial charge in [0.05, 0.1) is 7.11 Å². The van der Waals surface area contributed by atoms with Gasteiger partial charge in [-0.05, 0) is 42.0 Å². The van der Waals surface area contributed by atoms with E-state index in [1.54, 1.807) is 31.4 Å². The fourth-order valence-electron chi connectivity index (χ4n) is 2.58. The number of benzene rings is 2. The predicted octanol–water partition coefficient (Wildman–Crippen LogP) is 1.71. The van der Waals surface area contributed by atoms with Crippen molar-refractivity contribution in [2.24, 2.45) is 0 Å². The number of methoxy groups -OCH3 is 1. The smallest absolute Gasteiger partial charge is 0.212 e. The Bertz CT molecular complexity index is 880. The molecular formula is C16H15N5O3S. The van der Waals surface area contributed by atoms with Gasteiger partial charge < -0.3 is 15.4 Å². The first-order chi connectivity index (χ1) is 12.2. The molecule has 4 rings (SSSR count). The highest BCUT2D eigenvalue weighted by atomic mass is 32.2. The summed E-state index contributed by atoms with van der Waals surface area (Å²) in [7, 11) is 1.63. The van der Waals surface area contributed by atoms with Gasteiger partial charge >= 0.3 is 0 Å². The Balaban J connectivity index is 1.57. The van der Waals surface area contributed by atoms with Crippen molar-refractivity contribution in [3.63, 3.8) is 0 Å². The summed E-state index contributed by atoms with van der Waals surface area (Å²) < 4.78 is 7.03. The molecule has 0 radical (unpaired) electrons. The molecule has 0 fully saturated rings. The number of nitrogens with one attached hydrogen (secondary N) is 2. The first-order valence-electron chi connectivity index (χ1n) is 7.52. The minimum absolute atomic E-state index is 0.0506. The molecule has 0 saturated carbocycles. The molecule has 1 unspecified atom stereocenters. The van der Waals surface area contributed by atoms with Crippen LogP contribution in [0.4, 0.5) is 5.69 Å². The zero-order chi connectivity index (χ0) is 17.4. The molecule has 1 aliphatic heterocycles. The van der Waals surface area contributed by atoms with Crippen LogP contribution in [0.15, 0.2) is 53.7 Å². The Morgan fingerprint density at radius 3 is 2.52 bits per heavy atom. The van der Waals surface area contributed by atoms with E-state index in [-0.39, 0.29) is 11.1 Å². The molecule has 8 nitrogen and oxygen atoms in total. The Morgan fingerprint density at radius 1 is 1.16 bits per heavy atom. The molecule has 1 aliphatic rings. The van der Waals surface area contributed by atoms with E-state index in [1.165, 1.54) is 11.8 Å². The quantitative estimate of drug-likeness (QED) is 0.611.